The number of hydrogen-bond acceptors (Lipinski definition) is 2. The fourth-order valence-electron chi connectivity index (χ4n) is 2.94. The van der Waals surface area contributed by atoms with E-state index in [-0.39, 0.29) is 11.8 Å². The van der Waals surface area contributed by atoms with Gasteiger partial charge in [-0.15, -0.1) is 0 Å². The Morgan fingerprint density at radius 3 is 2.45 bits per heavy atom. The smallest absolute Gasteiger partial charge is 0.249 e. The summed E-state index contributed by atoms with van der Waals surface area (Å²) in [6, 6.07) is 0. The normalized spacial score (nSPS) is 18.6. The van der Waals surface area contributed by atoms with Crippen LogP contribution in [-0.2, 0) is 9.63 Å². The molecule has 20 heavy (non-hydrogen) atoms. The lowest BCUT2D eigenvalue weighted by molar-refractivity contribution is -0.174. The number of carbonyl (C=O) groups is 1. The Balaban J connectivity index is 2.39. The van der Waals surface area contributed by atoms with Crippen LogP contribution in [0.3, 0.4) is 0 Å². The third kappa shape index (κ3) is 5.66. The molecule has 0 N–H and O–H groups in total. The number of hydroxylamine groups is 2. The zero-order chi connectivity index (χ0) is 15.0. The largest absolute Gasteiger partial charge is 0.275 e. The molecule has 0 radical (unpaired) electrons. The molecule has 0 spiro atoms. The summed E-state index contributed by atoms with van der Waals surface area (Å²) in [5.41, 5.74) is 0. The minimum absolute atomic E-state index is 0.0163. The van der Waals surface area contributed by atoms with Crippen molar-refractivity contribution < 1.29 is 9.63 Å². The Morgan fingerprint density at radius 2 is 1.90 bits per heavy atom. The highest BCUT2D eigenvalue weighted by Crippen LogP contribution is 2.27. The van der Waals surface area contributed by atoms with Gasteiger partial charge in [-0.2, -0.15) is 0 Å². The predicted molar refractivity (Wildman–Crippen MR) is 83.1 cm³/mol. The molecule has 3 heteroatoms. The predicted octanol–water partition coefficient (Wildman–Crippen LogP) is 4.20. The Kier molecular flexibility index (Phi) is 7.90. The van der Waals surface area contributed by atoms with Crippen LogP contribution in [0, 0.1) is 17.8 Å². The number of hydrogen-bond donors (Lipinski definition) is 0. The van der Waals surface area contributed by atoms with E-state index < -0.39 is 0 Å². The highest BCUT2D eigenvalue weighted by Gasteiger charge is 2.24. The van der Waals surface area contributed by atoms with E-state index in [1.807, 2.05) is 0 Å². The fraction of sp³-hybridized carbons (Fsp3) is 0.824. The molecule has 0 aromatic rings. The van der Waals surface area contributed by atoms with Crippen LogP contribution in [0.15, 0.2) is 12.2 Å². The van der Waals surface area contributed by atoms with Crippen LogP contribution >= 0.6 is 0 Å². The molecule has 1 amide bonds. The van der Waals surface area contributed by atoms with E-state index in [4.69, 9.17) is 4.84 Å². The molecular formula is C17H31NO2. The van der Waals surface area contributed by atoms with E-state index in [9.17, 15) is 4.79 Å². The summed E-state index contributed by atoms with van der Waals surface area (Å²) in [6.07, 6.45) is 13.4. The fourth-order valence-corrected chi connectivity index (χ4v) is 2.94. The van der Waals surface area contributed by atoms with Crippen LogP contribution in [0.2, 0.25) is 0 Å². The van der Waals surface area contributed by atoms with Gasteiger partial charge in [0.1, 0.15) is 0 Å². The maximum Gasteiger partial charge on any atom is 0.249 e. The van der Waals surface area contributed by atoms with Crippen LogP contribution in [-0.4, -0.2) is 25.1 Å². The molecule has 1 rings (SSSR count). The van der Waals surface area contributed by atoms with Crippen molar-refractivity contribution in [3.63, 3.8) is 0 Å². The summed E-state index contributed by atoms with van der Waals surface area (Å²) in [6.45, 7) is 4.20. The maximum absolute atomic E-state index is 12.2. The molecule has 0 saturated heterocycles. The lowest BCUT2D eigenvalue weighted by Gasteiger charge is -2.23. The third-order valence-electron chi connectivity index (χ3n) is 4.46. The van der Waals surface area contributed by atoms with Gasteiger partial charge in [-0.1, -0.05) is 58.1 Å². The molecule has 116 valence electrons. The first kappa shape index (κ1) is 17.2. The van der Waals surface area contributed by atoms with Gasteiger partial charge >= 0.3 is 0 Å². The SMILES string of the molecule is CON(C)C(=O)C(C/C=C/CC1CCCCC1)C(C)C. The van der Waals surface area contributed by atoms with Gasteiger partial charge in [-0.05, 0) is 24.7 Å². The molecule has 0 bridgehead atoms. The van der Waals surface area contributed by atoms with Crippen LogP contribution in [0.1, 0.15) is 58.8 Å². The number of amides is 1. The second-order valence-corrected chi connectivity index (χ2v) is 6.32. The maximum atomic E-state index is 12.2. The van der Waals surface area contributed by atoms with Crippen molar-refractivity contribution in [2.45, 2.75) is 58.8 Å². The van der Waals surface area contributed by atoms with Gasteiger partial charge in [-0.3, -0.25) is 9.63 Å². The van der Waals surface area contributed by atoms with E-state index in [2.05, 4.69) is 26.0 Å². The van der Waals surface area contributed by atoms with E-state index in [1.54, 1.807) is 7.05 Å². The van der Waals surface area contributed by atoms with Crippen molar-refractivity contribution in [1.29, 1.82) is 0 Å². The monoisotopic (exact) mass is 281 g/mol. The summed E-state index contributed by atoms with van der Waals surface area (Å²) < 4.78 is 0. The first-order valence-electron chi connectivity index (χ1n) is 8.03. The van der Waals surface area contributed by atoms with E-state index >= 15 is 0 Å². The van der Waals surface area contributed by atoms with E-state index in [0.29, 0.717) is 5.92 Å². The van der Waals surface area contributed by atoms with Gasteiger partial charge in [-0.25, -0.2) is 5.06 Å². The second kappa shape index (κ2) is 9.17. The van der Waals surface area contributed by atoms with Gasteiger partial charge in [0.25, 0.3) is 0 Å². The molecule has 0 aromatic heterocycles. The van der Waals surface area contributed by atoms with Crippen LogP contribution in [0.5, 0.6) is 0 Å². The van der Waals surface area contributed by atoms with Crippen LogP contribution in [0.25, 0.3) is 0 Å². The quantitative estimate of drug-likeness (QED) is 0.517. The van der Waals surface area contributed by atoms with Crippen molar-refractivity contribution in [2.24, 2.45) is 17.8 Å². The summed E-state index contributed by atoms with van der Waals surface area (Å²) >= 11 is 0. The van der Waals surface area contributed by atoms with Crippen molar-refractivity contribution in [3.05, 3.63) is 12.2 Å². The summed E-state index contributed by atoms with van der Waals surface area (Å²) in [7, 11) is 3.22. The minimum Gasteiger partial charge on any atom is -0.275 e. The number of rotatable bonds is 7. The average molecular weight is 281 g/mol. The van der Waals surface area contributed by atoms with Gasteiger partial charge in [0.2, 0.25) is 5.91 Å². The Hall–Kier alpha value is -0.830. The molecule has 0 aliphatic heterocycles. The lowest BCUT2D eigenvalue weighted by Crippen LogP contribution is -2.34. The average Bonchev–Trinajstić information content (AvgIpc) is 2.46. The topological polar surface area (TPSA) is 29.5 Å². The van der Waals surface area contributed by atoms with Gasteiger partial charge in [0.15, 0.2) is 0 Å². The number of carbonyl (C=O) groups excluding carboxylic acids is 1. The molecule has 0 aromatic carbocycles. The van der Waals surface area contributed by atoms with Crippen molar-refractivity contribution in [2.75, 3.05) is 14.2 Å². The molecule has 1 saturated carbocycles. The molecule has 3 nitrogen and oxygen atoms in total. The van der Waals surface area contributed by atoms with Gasteiger partial charge in [0.05, 0.1) is 7.11 Å². The zero-order valence-corrected chi connectivity index (χ0v) is 13.6. The first-order valence-corrected chi connectivity index (χ1v) is 8.03. The summed E-state index contributed by atoms with van der Waals surface area (Å²) in [5, 5.41) is 1.35. The highest BCUT2D eigenvalue weighted by atomic mass is 16.7. The summed E-state index contributed by atoms with van der Waals surface area (Å²) in [4.78, 5) is 17.2. The molecule has 1 atom stereocenters. The van der Waals surface area contributed by atoms with Crippen LogP contribution < -0.4 is 0 Å². The standard InChI is InChI=1S/C17H31NO2/c1-14(2)16(17(19)18(3)20-4)13-9-8-12-15-10-6-5-7-11-15/h8-9,14-16H,5-7,10-13H2,1-4H3/b9-8+. The highest BCUT2D eigenvalue weighted by molar-refractivity contribution is 5.78. The molecular weight excluding hydrogens is 250 g/mol. The Morgan fingerprint density at radius 1 is 1.25 bits per heavy atom. The van der Waals surface area contributed by atoms with Gasteiger partial charge < -0.3 is 0 Å². The molecule has 1 unspecified atom stereocenters. The van der Waals surface area contributed by atoms with E-state index in [0.717, 1.165) is 12.3 Å². The first-order chi connectivity index (χ1) is 9.56. The molecule has 1 aliphatic carbocycles. The summed E-state index contributed by atoms with van der Waals surface area (Å²) in [5.74, 6) is 1.29. The van der Waals surface area contributed by atoms with Crippen molar-refractivity contribution in [3.8, 4) is 0 Å². The number of allylic oxidation sites excluding steroid dienone is 2. The molecule has 1 aliphatic rings. The minimum atomic E-state index is 0.0163. The number of nitrogens with zero attached hydrogens (tertiary/aromatic N) is 1. The third-order valence-corrected chi connectivity index (χ3v) is 4.46. The second-order valence-electron chi connectivity index (χ2n) is 6.32. The molecule has 0 heterocycles. The van der Waals surface area contributed by atoms with Crippen molar-refractivity contribution >= 4 is 5.91 Å². The van der Waals surface area contributed by atoms with Gasteiger partial charge in [0, 0.05) is 13.0 Å². The van der Waals surface area contributed by atoms with Crippen LogP contribution in [0.4, 0.5) is 0 Å². The van der Waals surface area contributed by atoms with E-state index in [1.165, 1.54) is 50.7 Å². The molecule has 1 fully saturated rings. The Bertz CT molecular complexity index is 306. The van der Waals surface area contributed by atoms with Crippen molar-refractivity contribution in [1.82, 2.24) is 5.06 Å². The zero-order valence-electron chi connectivity index (χ0n) is 13.6. The lowest BCUT2D eigenvalue weighted by atomic mass is 9.86. The Labute approximate surface area is 124 Å².